The van der Waals surface area contributed by atoms with Crippen molar-refractivity contribution in [3.63, 3.8) is 0 Å². The van der Waals surface area contributed by atoms with Crippen molar-refractivity contribution in [3.8, 4) is 6.07 Å². The van der Waals surface area contributed by atoms with Crippen LogP contribution in [0.3, 0.4) is 0 Å². The summed E-state index contributed by atoms with van der Waals surface area (Å²) in [5.41, 5.74) is 2.79. The third-order valence-electron chi connectivity index (χ3n) is 4.66. The SMILES string of the molecule is CC(C#N)N1CCN(CC2OCCc3ccccc32)CC1. The molecule has 0 radical (unpaired) electrons. The van der Waals surface area contributed by atoms with Crippen LogP contribution in [-0.2, 0) is 11.2 Å². The molecule has 4 nitrogen and oxygen atoms in total. The van der Waals surface area contributed by atoms with Crippen LogP contribution in [0.5, 0.6) is 0 Å². The molecule has 21 heavy (non-hydrogen) atoms. The van der Waals surface area contributed by atoms with E-state index in [1.165, 1.54) is 11.1 Å². The van der Waals surface area contributed by atoms with Crippen LogP contribution in [0.15, 0.2) is 24.3 Å². The standard InChI is InChI=1S/C17H23N3O/c1-14(12-18)20-9-7-19(8-10-20)13-17-16-5-3-2-4-15(16)6-11-21-17/h2-5,14,17H,6-11,13H2,1H3. The molecule has 112 valence electrons. The van der Waals surface area contributed by atoms with Crippen molar-refractivity contribution in [2.45, 2.75) is 25.5 Å². The molecular weight excluding hydrogens is 262 g/mol. The summed E-state index contributed by atoms with van der Waals surface area (Å²) in [4.78, 5) is 4.72. The summed E-state index contributed by atoms with van der Waals surface area (Å²) in [6.07, 6.45) is 1.23. The zero-order valence-corrected chi connectivity index (χ0v) is 12.7. The molecule has 1 aromatic rings. The second-order valence-corrected chi connectivity index (χ2v) is 5.95. The van der Waals surface area contributed by atoms with Gasteiger partial charge in [-0.05, 0) is 24.5 Å². The van der Waals surface area contributed by atoms with Crippen LogP contribution >= 0.6 is 0 Å². The minimum atomic E-state index is 0.0267. The second kappa shape index (κ2) is 6.57. The van der Waals surface area contributed by atoms with E-state index in [1.54, 1.807) is 0 Å². The molecule has 0 aromatic heterocycles. The Morgan fingerprint density at radius 3 is 2.81 bits per heavy atom. The smallest absolute Gasteiger partial charge is 0.0954 e. The maximum absolute atomic E-state index is 9.00. The zero-order valence-electron chi connectivity index (χ0n) is 12.7. The van der Waals surface area contributed by atoms with Gasteiger partial charge in [-0.3, -0.25) is 9.80 Å². The van der Waals surface area contributed by atoms with Crippen molar-refractivity contribution >= 4 is 0 Å². The lowest BCUT2D eigenvalue weighted by molar-refractivity contribution is 0.00310. The predicted molar refractivity (Wildman–Crippen MR) is 81.9 cm³/mol. The van der Waals surface area contributed by atoms with E-state index in [4.69, 9.17) is 10.00 Å². The first-order valence-corrected chi connectivity index (χ1v) is 7.83. The molecule has 1 aromatic carbocycles. The van der Waals surface area contributed by atoms with E-state index in [0.29, 0.717) is 0 Å². The van der Waals surface area contributed by atoms with Gasteiger partial charge in [0.2, 0.25) is 0 Å². The molecule has 3 rings (SSSR count). The van der Waals surface area contributed by atoms with E-state index >= 15 is 0 Å². The summed E-state index contributed by atoms with van der Waals surface area (Å²) >= 11 is 0. The van der Waals surface area contributed by atoms with Gasteiger partial charge in [0.1, 0.15) is 0 Å². The van der Waals surface area contributed by atoms with Gasteiger partial charge in [-0.1, -0.05) is 24.3 Å². The predicted octanol–water partition coefficient (Wildman–Crippen LogP) is 1.83. The van der Waals surface area contributed by atoms with Gasteiger partial charge in [-0.2, -0.15) is 5.26 Å². The van der Waals surface area contributed by atoms with Crippen LogP contribution in [0.1, 0.15) is 24.2 Å². The molecule has 0 amide bonds. The third-order valence-corrected chi connectivity index (χ3v) is 4.66. The van der Waals surface area contributed by atoms with E-state index < -0.39 is 0 Å². The summed E-state index contributed by atoms with van der Waals surface area (Å²) in [6.45, 7) is 7.77. The number of hydrogen-bond donors (Lipinski definition) is 0. The highest BCUT2D eigenvalue weighted by molar-refractivity contribution is 5.31. The van der Waals surface area contributed by atoms with Gasteiger partial charge in [-0.25, -0.2) is 0 Å². The maximum atomic E-state index is 9.00. The minimum absolute atomic E-state index is 0.0267. The molecule has 1 saturated heterocycles. The fourth-order valence-corrected chi connectivity index (χ4v) is 3.28. The quantitative estimate of drug-likeness (QED) is 0.849. The van der Waals surface area contributed by atoms with Crippen molar-refractivity contribution in [3.05, 3.63) is 35.4 Å². The highest BCUT2D eigenvalue weighted by Crippen LogP contribution is 2.27. The molecule has 0 N–H and O–H groups in total. The lowest BCUT2D eigenvalue weighted by Crippen LogP contribution is -2.50. The molecule has 2 heterocycles. The van der Waals surface area contributed by atoms with E-state index in [-0.39, 0.29) is 12.1 Å². The average molecular weight is 285 g/mol. The topological polar surface area (TPSA) is 39.5 Å². The van der Waals surface area contributed by atoms with E-state index in [2.05, 4.69) is 40.1 Å². The summed E-state index contributed by atoms with van der Waals surface area (Å²) < 4.78 is 6.00. The van der Waals surface area contributed by atoms with E-state index in [1.807, 2.05) is 6.92 Å². The highest BCUT2D eigenvalue weighted by Gasteiger charge is 2.26. The maximum Gasteiger partial charge on any atom is 0.0954 e. The number of hydrogen-bond acceptors (Lipinski definition) is 4. The summed E-state index contributed by atoms with van der Waals surface area (Å²) in [7, 11) is 0. The Bertz CT molecular complexity index is 517. The first-order chi connectivity index (χ1) is 10.3. The molecule has 0 spiro atoms. The number of ether oxygens (including phenoxy) is 1. The Balaban J connectivity index is 1.58. The lowest BCUT2D eigenvalue weighted by atomic mass is 9.97. The Morgan fingerprint density at radius 2 is 2.05 bits per heavy atom. The molecular formula is C17H23N3O. The van der Waals surface area contributed by atoms with Crippen molar-refractivity contribution < 1.29 is 4.74 Å². The highest BCUT2D eigenvalue weighted by atomic mass is 16.5. The lowest BCUT2D eigenvalue weighted by Gasteiger charge is -2.38. The molecule has 4 heteroatoms. The molecule has 0 aliphatic carbocycles. The summed E-state index contributed by atoms with van der Waals surface area (Å²) in [5.74, 6) is 0. The van der Waals surface area contributed by atoms with Crippen LogP contribution in [0.25, 0.3) is 0 Å². The fourth-order valence-electron chi connectivity index (χ4n) is 3.28. The van der Waals surface area contributed by atoms with Crippen LogP contribution in [-0.4, -0.2) is 55.2 Å². The van der Waals surface area contributed by atoms with Gasteiger partial charge in [-0.15, -0.1) is 0 Å². The first-order valence-electron chi connectivity index (χ1n) is 7.83. The summed E-state index contributed by atoms with van der Waals surface area (Å²) in [6, 6.07) is 11.0. The monoisotopic (exact) mass is 285 g/mol. The van der Waals surface area contributed by atoms with Gasteiger partial charge in [0.05, 0.1) is 24.8 Å². The van der Waals surface area contributed by atoms with Crippen molar-refractivity contribution in [2.75, 3.05) is 39.3 Å². The third kappa shape index (κ3) is 3.26. The number of fused-ring (bicyclic) bond motifs is 1. The van der Waals surface area contributed by atoms with Crippen molar-refractivity contribution in [1.82, 2.24) is 9.80 Å². The number of nitrogens with zero attached hydrogens (tertiary/aromatic N) is 3. The van der Waals surface area contributed by atoms with Gasteiger partial charge < -0.3 is 4.74 Å². The molecule has 1 fully saturated rings. The molecule has 2 atom stereocenters. The van der Waals surface area contributed by atoms with E-state index in [0.717, 1.165) is 45.8 Å². The van der Waals surface area contributed by atoms with Crippen LogP contribution in [0.2, 0.25) is 0 Å². The van der Waals surface area contributed by atoms with Crippen molar-refractivity contribution in [2.24, 2.45) is 0 Å². The number of nitriles is 1. The van der Waals surface area contributed by atoms with Crippen molar-refractivity contribution in [1.29, 1.82) is 5.26 Å². The first kappa shape index (κ1) is 14.5. The molecule has 2 unspecified atom stereocenters. The van der Waals surface area contributed by atoms with Crippen LogP contribution in [0, 0.1) is 11.3 Å². The van der Waals surface area contributed by atoms with E-state index in [9.17, 15) is 0 Å². The molecule has 0 saturated carbocycles. The number of piperazine rings is 1. The minimum Gasteiger partial charge on any atom is -0.372 e. The Hall–Kier alpha value is -1.41. The zero-order chi connectivity index (χ0) is 14.7. The van der Waals surface area contributed by atoms with Crippen LogP contribution < -0.4 is 0 Å². The Kier molecular flexibility index (Phi) is 4.54. The van der Waals surface area contributed by atoms with Gasteiger partial charge in [0.15, 0.2) is 0 Å². The van der Waals surface area contributed by atoms with Gasteiger partial charge in [0.25, 0.3) is 0 Å². The molecule has 2 aliphatic heterocycles. The summed E-state index contributed by atoms with van der Waals surface area (Å²) in [5, 5.41) is 9.00. The Morgan fingerprint density at radius 1 is 1.29 bits per heavy atom. The fraction of sp³-hybridized carbons (Fsp3) is 0.588. The second-order valence-electron chi connectivity index (χ2n) is 5.95. The van der Waals surface area contributed by atoms with Crippen LogP contribution in [0.4, 0.5) is 0 Å². The largest absolute Gasteiger partial charge is 0.372 e. The number of rotatable bonds is 3. The Labute approximate surface area is 126 Å². The molecule has 2 aliphatic rings. The number of benzene rings is 1. The van der Waals surface area contributed by atoms with Gasteiger partial charge in [0, 0.05) is 32.7 Å². The normalized spacial score (nSPS) is 25.0. The average Bonchev–Trinajstić information content (AvgIpc) is 2.55. The molecule has 0 bridgehead atoms. The van der Waals surface area contributed by atoms with Gasteiger partial charge >= 0.3 is 0 Å².